The number of hydrogen-bond donors (Lipinski definition) is 1. The molecule has 0 aromatic heterocycles. The summed E-state index contributed by atoms with van der Waals surface area (Å²) in [4.78, 5) is 37.8. The average Bonchev–Trinajstić information content (AvgIpc) is 2.79. The Morgan fingerprint density at radius 3 is 2.34 bits per heavy atom. The van der Waals surface area contributed by atoms with E-state index in [-0.39, 0.29) is 17.9 Å². The van der Waals surface area contributed by atoms with Gasteiger partial charge in [0.05, 0.1) is 16.9 Å². The van der Waals surface area contributed by atoms with Crippen molar-refractivity contribution >= 4 is 33.2 Å². The predicted octanol–water partition coefficient (Wildman–Crippen LogP) is 2.75. The number of hydrogen-bond acceptors (Lipinski definition) is 6. The van der Waals surface area contributed by atoms with Crippen molar-refractivity contribution in [1.82, 2.24) is 10.2 Å². The Kier molecular flexibility index (Phi) is 9.29. The van der Waals surface area contributed by atoms with Crippen molar-refractivity contribution < 1.29 is 27.3 Å². The lowest BCUT2D eigenvalue weighted by Crippen LogP contribution is -2.51. The minimum Gasteiger partial charge on any atom is -0.354 e. The second kappa shape index (κ2) is 11.7. The Hall–Kier alpha value is -3.54. The molecule has 2 aromatic rings. The van der Waals surface area contributed by atoms with Crippen LogP contribution in [0, 0.1) is 22.9 Å². The third kappa shape index (κ3) is 7.47. The van der Waals surface area contributed by atoms with Crippen molar-refractivity contribution in [2.45, 2.75) is 39.8 Å². The van der Waals surface area contributed by atoms with Gasteiger partial charge in [-0.2, -0.15) is 0 Å². The van der Waals surface area contributed by atoms with Gasteiger partial charge in [0.2, 0.25) is 21.8 Å². The van der Waals surface area contributed by atoms with Crippen molar-refractivity contribution in [1.29, 1.82) is 0 Å². The minimum atomic E-state index is -4.04. The summed E-state index contributed by atoms with van der Waals surface area (Å²) >= 11 is 0. The van der Waals surface area contributed by atoms with Crippen LogP contribution in [0.15, 0.2) is 42.5 Å². The highest BCUT2D eigenvalue weighted by molar-refractivity contribution is 7.92. The van der Waals surface area contributed by atoms with Gasteiger partial charge in [0.25, 0.3) is 5.69 Å². The van der Waals surface area contributed by atoms with Crippen molar-refractivity contribution in [3.8, 4) is 0 Å². The Labute approximate surface area is 203 Å². The molecular formula is C23H29FN4O6S. The highest BCUT2D eigenvalue weighted by Gasteiger charge is 2.31. The SMILES string of the molecule is CCCNC(=O)C(C)N(Cc1ccc(F)cc1)C(=O)CN(c1cc([N+](=O)[O-])ccc1C)S(C)(=O)=O. The van der Waals surface area contributed by atoms with E-state index in [1.165, 1.54) is 48.2 Å². The fourth-order valence-electron chi connectivity index (χ4n) is 3.34. The number of nitrogens with zero attached hydrogens (tertiary/aromatic N) is 3. The van der Waals surface area contributed by atoms with Gasteiger partial charge in [-0.15, -0.1) is 0 Å². The Bertz CT molecular complexity index is 1190. The zero-order valence-corrected chi connectivity index (χ0v) is 20.8. The maximum absolute atomic E-state index is 13.4. The maximum Gasteiger partial charge on any atom is 0.271 e. The summed E-state index contributed by atoms with van der Waals surface area (Å²) in [5.74, 6) is -1.60. The summed E-state index contributed by atoms with van der Waals surface area (Å²) in [7, 11) is -4.04. The van der Waals surface area contributed by atoms with Gasteiger partial charge in [0.1, 0.15) is 18.4 Å². The lowest BCUT2D eigenvalue weighted by atomic mass is 10.1. The Morgan fingerprint density at radius 2 is 1.80 bits per heavy atom. The second-order valence-electron chi connectivity index (χ2n) is 8.11. The van der Waals surface area contributed by atoms with E-state index < -0.39 is 45.2 Å². The topological polar surface area (TPSA) is 130 Å². The highest BCUT2D eigenvalue weighted by Crippen LogP contribution is 2.28. The van der Waals surface area contributed by atoms with Crippen molar-refractivity contribution in [2.24, 2.45) is 0 Å². The summed E-state index contributed by atoms with van der Waals surface area (Å²) in [6, 6.07) is 8.12. The Morgan fingerprint density at radius 1 is 1.17 bits per heavy atom. The predicted molar refractivity (Wildman–Crippen MR) is 130 cm³/mol. The average molecular weight is 509 g/mol. The van der Waals surface area contributed by atoms with Gasteiger partial charge < -0.3 is 10.2 Å². The molecule has 0 spiro atoms. The van der Waals surface area contributed by atoms with Gasteiger partial charge >= 0.3 is 0 Å². The summed E-state index contributed by atoms with van der Waals surface area (Å²) < 4.78 is 39.4. The summed E-state index contributed by atoms with van der Waals surface area (Å²) in [5, 5.41) is 13.9. The van der Waals surface area contributed by atoms with Crippen molar-refractivity contribution in [3.05, 3.63) is 69.5 Å². The van der Waals surface area contributed by atoms with Crippen LogP contribution in [0.25, 0.3) is 0 Å². The molecule has 0 saturated carbocycles. The molecule has 0 radical (unpaired) electrons. The standard InChI is InChI=1S/C23H29FN4O6S/c1-5-12-25-23(30)17(3)26(14-18-7-9-19(24)10-8-18)22(29)15-27(35(4,33)34)21-13-20(28(31)32)11-6-16(21)2/h6-11,13,17H,5,12,14-15H2,1-4H3,(H,25,30). The number of amides is 2. The quantitative estimate of drug-likeness (QED) is 0.367. The van der Waals surface area contributed by atoms with Crippen LogP contribution in [0.5, 0.6) is 0 Å². The van der Waals surface area contributed by atoms with E-state index in [1.807, 2.05) is 6.92 Å². The first-order valence-electron chi connectivity index (χ1n) is 10.9. The van der Waals surface area contributed by atoms with Crippen LogP contribution in [-0.2, 0) is 26.2 Å². The van der Waals surface area contributed by atoms with Gasteiger partial charge in [-0.1, -0.05) is 25.1 Å². The van der Waals surface area contributed by atoms with Crippen LogP contribution in [0.4, 0.5) is 15.8 Å². The molecule has 10 nitrogen and oxygen atoms in total. The number of nitro groups is 1. The van der Waals surface area contributed by atoms with Gasteiger partial charge in [-0.05, 0) is 43.5 Å². The van der Waals surface area contributed by atoms with Crippen LogP contribution in [0.1, 0.15) is 31.4 Å². The molecule has 2 rings (SSSR count). The van der Waals surface area contributed by atoms with E-state index in [9.17, 15) is 32.5 Å². The van der Waals surface area contributed by atoms with E-state index in [0.29, 0.717) is 24.1 Å². The summed E-state index contributed by atoms with van der Waals surface area (Å²) in [5.41, 5.74) is 0.599. The molecule has 1 N–H and O–H groups in total. The molecule has 2 aromatic carbocycles. The van der Waals surface area contributed by atoms with Gasteiger partial charge in [-0.3, -0.25) is 24.0 Å². The van der Waals surface area contributed by atoms with E-state index in [2.05, 4.69) is 5.32 Å². The number of anilines is 1. The van der Waals surface area contributed by atoms with E-state index in [1.54, 1.807) is 6.92 Å². The number of nitrogens with one attached hydrogen (secondary N) is 1. The maximum atomic E-state index is 13.4. The minimum absolute atomic E-state index is 0.0140. The fraction of sp³-hybridized carbons (Fsp3) is 0.391. The largest absolute Gasteiger partial charge is 0.354 e. The third-order valence-electron chi connectivity index (χ3n) is 5.33. The second-order valence-corrected chi connectivity index (χ2v) is 10.0. The van der Waals surface area contributed by atoms with Crippen LogP contribution < -0.4 is 9.62 Å². The lowest BCUT2D eigenvalue weighted by molar-refractivity contribution is -0.384. The zero-order valence-electron chi connectivity index (χ0n) is 20.0. The number of carbonyl (C=O) groups excluding carboxylic acids is 2. The monoisotopic (exact) mass is 508 g/mol. The smallest absolute Gasteiger partial charge is 0.271 e. The number of nitro benzene ring substituents is 1. The molecule has 0 aliphatic heterocycles. The first-order valence-corrected chi connectivity index (χ1v) is 12.7. The van der Waals surface area contributed by atoms with Gasteiger partial charge in [0.15, 0.2) is 0 Å². The highest BCUT2D eigenvalue weighted by atomic mass is 32.2. The van der Waals surface area contributed by atoms with Crippen molar-refractivity contribution in [2.75, 3.05) is 23.7 Å². The van der Waals surface area contributed by atoms with Crippen LogP contribution >= 0.6 is 0 Å². The number of rotatable bonds is 11. The first kappa shape index (κ1) is 27.7. The molecule has 0 heterocycles. The molecular weight excluding hydrogens is 479 g/mol. The number of carbonyl (C=O) groups is 2. The number of sulfonamides is 1. The molecule has 1 unspecified atom stereocenters. The lowest BCUT2D eigenvalue weighted by Gasteiger charge is -2.31. The number of benzene rings is 2. The van der Waals surface area contributed by atoms with Crippen LogP contribution in [-0.4, -0.2) is 55.4 Å². The molecule has 12 heteroatoms. The normalized spacial score (nSPS) is 12.0. The van der Waals surface area contributed by atoms with Gasteiger partial charge in [-0.25, -0.2) is 12.8 Å². The molecule has 1 atom stereocenters. The zero-order chi connectivity index (χ0) is 26.3. The first-order chi connectivity index (χ1) is 16.3. The van der Waals surface area contributed by atoms with Gasteiger partial charge in [0, 0.05) is 25.2 Å². The van der Waals surface area contributed by atoms with E-state index in [0.717, 1.165) is 16.6 Å². The molecule has 0 fully saturated rings. The van der Waals surface area contributed by atoms with E-state index in [4.69, 9.17) is 0 Å². The molecule has 190 valence electrons. The molecule has 35 heavy (non-hydrogen) atoms. The molecule has 0 bridgehead atoms. The number of non-ortho nitro benzene ring substituents is 1. The number of halogens is 1. The molecule has 0 aliphatic carbocycles. The van der Waals surface area contributed by atoms with E-state index >= 15 is 0 Å². The molecule has 2 amide bonds. The number of aryl methyl sites for hydroxylation is 1. The molecule has 0 aliphatic rings. The third-order valence-corrected chi connectivity index (χ3v) is 6.46. The Balaban J connectivity index is 2.45. The summed E-state index contributed by atoms with van der Waals surface area (Å²) in [6.45, 7) is 4.58. The fourth-order valence-corrected chi connectivity index (χ4v) is 4.24. The van der Waals surface area contributed by atoms with Crippen LogP contribution in [0.2, 0.25) is 0 Å². The van der Waals surface area contributed by atoms with Crippen molar-refractivity contribution in [3.63, 3.8) is 0 Å². The van der Waals surface area contributed by atoms with Crippen LogP contribution in [0.3, 0.4) is 0 Å². The summed E-state index contributed by atoms with van der Waals surface area (Å²) in [6.07, 6.45) is 1.57. The molecule has 0 saturated heterocycles.